The van der Waals surface area contributed by atoms with Crippen LogP contribution in [0.2, 0.25) is 0 Å². The molecule has 0 amide bonds. The van der Waals surface area contributed by atoms with E-state index in [2.05, 4.69) is 491 Å². The Balaban J connectivity index is 0.000000106. The van der Waals surface area contributed by atoms with Crippen molar-refractivity contribution in [3.05, 3.63) is 528 Å². The first kappa shape index (κ1) is 85.9. The fourth-order valence-electron chi connectivity index (χ4n) is 23.3. The largest absolute Gasteiger partial charge is 0.456 e. The highest BCUT2D eigenvalue weighted by Gasteiger charge is 2.27. The zero-order chi connectivity index (χ0) is 98.1. The number of hydrogen-bond donors (Lipinski definition) is 0. The second-order valence-electron chi connectivity index (χ2n) is 38.9. The predicted molar refractivity (Wildman–Crippen MR) is 623 cm³/mol. The van der Waals surface area contributed by atoms with Gasteiger partial charge in [0.05, 0.1) is 34.2 Å². The summed E-state index contributed by atoms with van der Waals surface area (Å²) in [4.78, 5) is 15.4. The summed E-state index contributed by atoms with van der Waals surface area (Å²) >= 11 is 0. The van der Waals surface area contributed by atoms with Gasteiger partial charge in [0.1, 0.15) is 33.5 Å². The van der Waals surface area contributed by atoms with Gasteiger partial charge in [-0.25, -0.2) is 15.0 Å². The van der Waals surface area contributed by atoms with Crippen LogP contribution in [0.3, 0.4) is 0 Å². The van der Waals surface area contributed by atoms with Crippen molar-refractivity contribution in [2.24, 2.45) is 0 Å². The molecule has 1 aliphatic rings. The molecular weight excluding hydrogens is 1810 g/mol. The van der Waals surface area contributed by atoms with E-state index < -0.39 is 0 Å². The van der Waals surface area contributed by atoms with Gasteiger partial charge in [-0.1, -0.05) is 419 Å². The average Bonchev–Trinajstić information content (AvgIpc) is 1.61. The van der Waals surface area contributed by atoms with Gasteiger partial charge in [-0.05, 0) is 285 Å². The van der Waals surface area contributed by atoms with E-state index in [9.17, 15) is 0 Å². The van der Waals surface area contributed by atoms with Crippen molar-refractivity contribution in [1.29, 1.82) is 0 Å². The quantitative estimate of drug-likeness (QED) is 0.107. The average molecular weight is 1900 g/mol. The van der Waals surface area contributed by atoms with E-state index in [1.165, 1.54) is 131 Å². The third kappa shape index (κ3) is 15.1. The van der Waals surface area contributed by atoms with Crippen molar-refractivity contribution in [2.75, 3.05) is 0 Å². The summed E-state index contributed by atoms with van der Waals surface area (Å²) in [6.45, 7) is 0. The topological polar surface area (TPSA) is 78.1 Å². The molecule has 0 N–H and O–H groups in total. The Hall–Kier alpha value is -19.8. The van der Waals surface area contributed by atoms with Crippen molar-refractivity contribution in [3.8, 4) is 168 Å². The predicted octanol–water partition coefficient (Wildman–Crippen LogP) is 39.8. The first-order valence-corrected chi connectivity index (χ1v) is 50.9. The molecule has 0 unspecified atom stereocenters. The molecule has 0 saturated carbocycles. The highest BCUT2D eigenvalue weighted by Crippen LogP contribution is 2.53. The van der Waals surface area contributed by atoms with Gasteiger partial charge >= 0.3 is 0 Å². The van der Waals surface area contributed by atoms with Crippen molar-refractivity contribution in [3.63, 3.8) is 0 Å². The van der Waals surface area contributed by atoms with Crippen LogP contribution in [0.4, 0.5) is 0 Å². The maximum absolute atomic E-state index is 6.50. The molecule has 31 rings (SSSR count). The number of aromatic nitrogens is 3. The smallest absolute Gasteiger partial charge is 0.136 e. The van der Waals surface area contributed by atoms with E-state index in [4.69, 9.17) is 28.2 Å². The van der Waals surface area contributed by atoms with Gasteiger partial charge in [0.15, 0.2) is 0 Å². The molecule has 0 saturated heterocycles. The lowest BCUT2D eigenvalue weighted by atomic mass is 9.91. The molecule has 0 bridgehead atoms. The first-order valence-electron chi connectivity index (χ1n) is 50.9. The Morgan fingerprint density at radius 2 is 0.376 bits per heavy atom. The Morgan fingerprint density at radius 1 is 0.107 bits per heavy atom. The second-order valence-corrected chi connectivity index (χ2v) is 38.9. The molecule has 0 atom stereocenters. The molecule has 6 nitrogen and oxygen atoms in total. The Morgan fingerprint density at radius 3 is 0.772 bits per heavy atom. The molecule has 6 aromatic heterocycles. The summed E-state index contributed by atoms with van der Waals surface area (Å²) in [6.07, 6.45) is 0. The second kappa shape index (κ2) is 35.7. The minimum absolute atomic E-state index is 0.871. The highest BCUT2D eigenvalue weighted by molar-refractivity contribution is 6.28. The van der Waals surface area contributed by atoms with Gasteiger partial charge in [0.2, 0.25) is 0 Å². The van der Waals surface area contributed by atoms with E-state index >= 15 is 0 Å². The van der Waals surface area contributed by atoms with Gasteiger partial charge < -0.3 is 13.3 Å². The van der Waals surface area contributed by atoms with Crippen LogP contribution in [-0.2, 0) is 0 Å². The number of rotatable bonds is 13. The Bertz CT molecular complexity index is 10300. The van der Waals surface area contributed by atoms with Crippen LogP contribution in [0.1, 0.15) is 0 Å². The van der Waals surface area contributed by atoms with E-state index in [-0.39, 0.29) is 0 Å². The zero-order valence-corrected chi connectivity index (χ0v) is 80.8. The fourth-order valence-corrected chi connectivity index (χ4v) is 23.3. The third-order valence-corrected chi connectivity index (χ3v) is 30.3. The molecule has 0 spiro atoms. The van der Waals surface area contributed by atoms with Gasteiger partial charge in [-0.3, -0.25) is 0 Å². The normalized spacial score (nSPS) is 11.8. The Labute approximate surface area is 858 Å². The molecule has 0 radical (unpaired) electrons. The van der Waals surface area contributed by atoms with Crippen LogP contribution in [0.25, 0.3) is 309 Å². The molecule has 149 heavy (non-hydrogen) atoms. The summed E-state index contributed by atoms with van der Waals surface area (Å²) in [7, 11) is 0. The lowest BCUT2D eigenvalue weighted by Gasteiger charge is -2.13. The van der Waals surface area contributed by atoms with Crippen LogP contribution in [0.5, 0.6) is 0 Å². The summed E-state index contributed by atoms with van der Waals surface area (Å²) in [6, 6.07) is 188. The van der Waals surface area contributed by atoms with Crippen LogP contribution in [0.15, 0.2) is 541 Å². The monoisotopic (exact) mass is 1890 g/mol. The van der Waals surface area contributed by atoms with E-state index in [0.717, 1.165) is 178 Å². The van der Waals surface area contributed by atoms with Gasteiger partial charge in [0.25, 0.3) is 0 Å². The zero-order valence-electron chi connectivity index (χ0n) is 80.8. The molecule has 0 fully saturated rings. The standard InChI is InChI=1S/C53H33NO.2C45H27NO/c1-3-12-36(13-4-1)49-32-40(33-50(54-49)37-14-5-2-6-15-37)41-20-11-21-52-53(41)48-31-39(27-29-51(48)55-52)35-24-22-34(23-25-35)38-26-28-46-44-18-8-7-16-42(44)43-17-9-10-19-45(43)47(46)30-38;1-3-9-28(10-4-1)39-26-36(27-40(46-39)29-11-5-2-6-12-29)37-15-8-16-42-45(37)38-25-32(21-22-41(38)47-42)35-23-33-19-17-30-13-7-14-31-18-20-34(24-35)44(33)43(30)31;1-3-11-28(12-4-1)40-26-31(27-41(46-40)29-13-5-2-6-14-29)33-17-10-20-43-45(33)39-25-30(21-24-42(39)47-43)32-22-23-38-35-16-8-7-15-34(35)37-19-9-18-36(32)44(37)38/h1-33H;2*1-27H. The summed E-state index contributed by atoms with van der Waals surface area (Å²) in [5, 5.41) is 24.8. The minimum atomic E-state index is 0.871. The maximum atomic E-state index is 6.50. The lowest BCUT2D eigenvalue weighted by molar-refractivity contribution is 0.668. The van der Waals surface area contributed by atoms with Crippen molar-refractivity contribution < 1.29 is 13.3 Å². The van der Waals surface area contributed by atoms with E-state index in [0.29, 0.717) is 0 Å². The number of fused-ring (bicyclic) bond motifs is 18. The molecule has 0 aliphatic heterocycles. The van der Waals surface area contributed by atoms with Gasteiger partial charge in [-0.2, -0.15) is 0 Å². The lowest BCUT2D eigenvalue weighted by Crippen LogP contribution is -1.91. The van der Waals surface area contributed by atoms with Gasteiger partial charge in [0, 0.05) is 65.7 Å². The minimum Gasteiger partial charge on any atom is -0.456 e. The molecule has 30 aromatic rings. The SMILES string of the molecule is c1ccc(-c2cc(-c3cccc4oc5ccc(-c6cc7ccc8cccc9ccc(c6)c7c89)cc5c34)cc(-c3ccccc3)n2)cc1.c1ccc(-c2cc(-c3cccc4oc5ccc(-c6ccc(-c7ccc8c9ccccc9c9ccccc9c8c7)cc6)cc5c34)cc(-c3ccccc3)n2)cc1.c1ccc(-c2cc(-c3cccc4oc5ccc(-c6ccc7c8c(cccc68)-c6ccccc6-7)cc5c34)cc(-c3ccccc3)n2)cc1. The highest BCUT2D eigenvalue weighted by atomic mass is 16.3. The molecule has 6 heterocycles. The first-order chi connectivity index (χ1) is 73.8. The van der Waals surface area contributed by atoms with Crippen molar-refractivity contribution in [1.82, 2.24) is 15.0 Å². The van der Waals surface area contributed by atoms with Crippen molar-refractivity contribution >= 4 is 141 Å². The number of nitrogens with zero attached hydrogens (tertiary/aromatic N) is 3. The van der Waals surface area contributed by atoms with E-state index in [1.807, 2.05) is 36.4 Å². The number of pyridine rings is 3. The number of benzene rings is 24. The van der Waals surface area contributed by atoms with Crippen LogP contribution in [-0.4, -0.2) is 15.0 Å². The van der Waals surface area contributed by atoms with Crippen LogP contribution >= 0.6 is 0 Å². The molecule has 6 heteroatoms. The van der Waals surface area contributed by atoms with E-state index in [1.54, 1.807) is 0 Å². The summed E-state index contributed by atoms with van der Waals surface area (Å²) < 4.78 is 19.5. The third-order valence-electron chi connectivity index (χ3n) is 30.3. The molecular formula is C143H87N3O3. The molecule has 1 aliphatic carbocycles. The summed E-state index contributed by atoms with van der Waals surface area (Å²) in [5.41, 5.74) is 38.9. The maximum Gasteiger partial charge on any atom is 0.136 e. The van der Waals surface area contributed by atoms with Gasteiger partial charge in [-0.15, -0.1) is 0 Å². The molecule has 692 valence electrons. The van der Waals surface area contributed by atoms with Crippen molar-refractivity contribution in [2.45, 2.75) is 0 Å². The fraction of sp³-hybridized carbons (Fsp3) is 0. The van der Waals surface area contributed by atoms with Crippen LogP contribution < -0.4 is 0 Å². The number of hydrogen-bond acceptors (Lipinski definition) is 6. The number of furan rings is 3. The summed E-state index contributed by atoms with van der Waals surface area (Å²) in [5.74, 6) is 0. The Kier molecular flexibility index (Phi) is 20.6. The van der Waals surface area contributed by atoms with Crippen LogP contribution in [0, 0.1) is 0 Å². The molecule has 24 aromatic carbocycles.